The fourth-order valence-electron chi connectivity index (χ4n) is 1.71. The standard InChI is InChI=1S/C15H23NO2Si/c1-19(2,3)18-15(12-16)10-7-11-17-13-14-8-5-4-6-9-14/h4-6,8-9,15H,7,10-11,13H2,1-3H3. The number of benzene rings is 1. The average Bonchev–Trinajstić information content (AvgIpc) is 2.37. The summed E-state index contributed by atoms with van der Waals surface area (Å²) in [6, 6.07) is 12.3. The Labute approximate surface area is 117 Å². The van der Waals surface area contributed by atoms with E-state index in [9.17, 15) is 0 Å². The van der Waals surface area contributed by atoms with E-state index in [1.807, 2.05) is 30.3 Å². The van der Waals surface area contributed by atoms with Crippen LogP contribution in [0.3, 0.4) is 0 Å². The topological polar surface area (TPSA) is 42.2 Å². The zero-order chi connectivity index (χ0) is 14.1. The molecule has 0 spiro atoms. The van der Waals surface area contributed by atoms with Crippen molar-refractivity contribution < 1.29 is 9.16 Å². The second-order valence-corrected chi connectivity index (χ2v) is 9.99. The van der Waals surface area contributed by atoms with Crippen LogP contribution in [0.15, 0.2) is 30.3 Å². The molecular formula is C15H23NO2Si. The Kier molecular flexibility index (Phi) is 6.78. The van der Waals surface area contributed by atoms with Gasteiger partial charge in [0.2, 0.25) is 0 Å². The van der Waals surface area contributed by atoms with Gasteiger partial charge in [-0.25, -0.2) is 0 Å². The molecular weight excluding hydrogens is 254 g/mol. The maximum atomic E-state index is 9.03. The summed E-state index contributed by atoms with van der Waals surface area (Å²) in [5, 5.41) is 9.03. The zero-order valence-corrected chi connectivity index (χ0v) is 13.1. The van der Waals surface area contributed by atoms with Crippen LogP contribution in [0.25, 0.3) is 0 Å². The lowest BCUT2D eigenvalue weighted by molar-refractivity contribution is 0.109. The van der Waals surface area contributed by atoms with Crippen LogP contribution in [0.1, 0.15) is 18.4 Å². The Hall–Kier alpha value is -1.15. The van der Waals surface area contributed by atoms with Crippen molar-refractivity contribution in [3.05, 3.63) is 35.9 Å². The molecule has 0 radical (unpaired) electrons. The third kappa shape index (κ3) is 7.78. The first-order valence-electron chi connectivity index (χ1n) is 6.70. The maximum Gasteiger partial charge on any atom is 0.185 e. The average molecular weight is 277 g/mol. The highest BCUT2D eigenvalue weighted by Crippen LogP contribution is 2.11. The van der Waals surface area contributed by atoms with Crippen LogP contribution in [0.5, 0.6) is 0 Å². The molecule has 1 aromatic rings. The van der Waals surface area contributed by atoms with Crippen LogP contribution in [0.2, 0.25) is 19.6 Å². The summed E-state index contributed by atoms with van der Waals surface area (Å²) in [4.78, 5) is 0. The molecule has 0 saturated carbocycles. The van der Waals surface area contributed by atoms with Crippen molar-refractivity contribution >= 4 is 8.32 Å². The van der Waals surface area contributed by atoms with E-state index < -0.39 is 8.32 Å². The first-order valence-corrected chi connectivity index (χ1v) is 10.1. The molecule has 0 aromatic heterocycles. The van der Waals surface area contributed by atoms with Gasteiger partial charge in [0.15, 0.2) is 8.32 Å². The number of nitriles is 1. The normalized spacial score (nSPS) is 12.9. The molecule has 0 amide bonds. The van der Waals surface area contributed by atoms with Gasteiger partial charge in [-0.1, -0.05) is 30.3 Å². The number of hydrogen-bond acceptors (Lipinski definition) is 3. The molecule has 0 aliphatic heterocycles. The fraction of sp³-hybridized carbons (Fsp3) is 0.533. The molecule has 1 aromatic carbocycles. The molecule has 0 aliphatic carbocycles. The molecule has 19 heavy (non-hydrogen) atoms. The minimum Gasteiger partial charge on any atom is -0.402 e. The predicted octanol–water partition coefficient (Wildman–Crippen LogP) is 3.73. The summed E-state index contributed by atoms with van der Waals surface area (Å²) in [7, 11) is -1.63. The SMILES string of the molecule is C[Si](C)(C)OC(C#N)CCCOCc1ccccc1. The molecule has 1 atom stereocenters. The molecule has 0 heterocycles. The van der Waals surface area contributed by atoms with E-state index in [2.05, 4.69) is 25.7 Å². The summed E-state index contributed by atoms with van der Waals surface area (Å²) in [6.07, 6.45) is 1.32. The van der Waals surface area contributed by atoms with E-state index in [1.165, 1.54) is 5.56 Å². The lowest BCUT2D eigenvalue weighted by atomic mass is 10.2. The molecule has 1 unspecified atom stereocenters. The Balaban J connectivity index is 2.15. The van der Waals surface area contributed by atoms with Crippen LogP contribution in [0, 0.1) is 11.3 Å². The van der Waals surface area contributed by atoms with Gasteiger partial charge in [0.05, 0.1) is 12.7 Å². The Morgan fingerprint density at radius 3 is 2.47 bits per heavy atom. The van der Waals surface area contributed by atoms with E-state index in [-0.39, 0.29) is 6.10 Å². The Morgan fingerprint density at radius 2 is 1.89 bits per heavy atom. The Morgan fingerprint density at radius 1 is 1.21 bits per heavy atom. The van der Waals surface area contributed by atoms with Crippen molar-refractivity contribution in [1.82, 2.24) is 0 Å². The second-order valence-electron chi connectivity index (χ2n) is 5.53. The van der Waals surface area contributed by atoms with Gasteiger partial charge in [0.25, 0.3) is 0 Å². The molecule has 0 aliphatic rings. The molecule has 0 N–H and O–H groups in total. The lowest BCUT2D eigenvalue weighted by Crippen LogP contribution is -2.31. The third-order valence-electron chi connectivity index (χ3n) is 2.51. The van der Waals surface area contributed by atoms with Crippen molar-refractivity contribution in [2.75, 3.05) is 6.61 Å². The third-order valence-corrected chi connectivity index (χ3v) is 3.50. The van der Waals surface area contributed by atoms with E-state index in [4.69, 9.17) is 14.4 Å². The van der Waals surface area contributed by atoms with Crippen molar-refractivity contribution in [2.24, 2.45) is 0 Å². The largest absolute Gasteiger partial charge is 0.402 e. The van der Waals surface area contributed by atoms with Crippen molar-refractivity contribution in [2.45, 2.75) is 45.2 Å². The smallest absolute Gasteiger partial charge is 0.185 e. The first-order chi connectivity index (χ1) is 9.01. The monoisotopic (exact) mass is 277 g/mol. The van der Waals surface area contributed by atoms with Crippen molar-refractivity contribution in [1.29, 1.82) is 5.26 Å². The molecule has 1 rings (SSSR count). The fourth-order valence-corrected chi connectivity index (χ4v) is 2.74. The van der Waals surface area contributed by atoms with Crippen molar-refractivity contribution in [3.8, 4) is 6.07 Å². The second kappa shape index (κ2) is 8.11. The lowest BCUT2D eigenvalue weighted by Gasteiger charge is -2.21. The highest BCUT2D eigenvalue weighted by Gasteiger charge is 2.20. The summed E-state index contributed by atoms with van der Waals surface area (Å²) in [6.45, 7) is 7.60. The number of nitrogens with zero attached hydrogens (tertiary/aromatic N) is 1. The minimum absolute atomic E-state index is 0.285. The van der Waals surface area contributed by atoms with E-state index in [0.717, 1.165) is 12.8 Å². The maximum absolute atomic E-state index is 9.03. The molecule has 0 saturated heterocycles. The van der Waals surface area contributed by atoms with Crippen LogP contribution in [-0.2, 0) is 15.8 Å². The van der Waals surface area contributed by atoms with Gasteiger partial charge < -0.3 is 9.16 Å². The predicted molar refractivity (Wildman–Crippen MR) is 79.2 cm³/mol. The minimum atomic E-state index is -1.63. The molecule has 104 valence electrons. The van der Waals surface area contributed by atoms with Gasteiger partial charge in [-0.05, 0) is 38.0 Å². The molecule has 3 nitrogen and oxygen atoms in total. The summed E-state index contributed by atoms with van der Waals surface area (Å²) >= 11 is 0. The van der Waals surface area contributed by atoms with Gasteiger partial charge in [-0.2, -0.15) is 5.26 Å². The number of ether oxygens (including phenoxy) is 1. The van der Waals surface area contributed by atoms with E-state index in [1.54, 1.807) is 0 Å². The number of rotatable bonds is 8. The molecule has 0 bridgehead atoms. The quantitative estimate of drug-likeness (QED) is 0.537. The van der Waals surface area contributed by atoms with Gasteiger partial charge in [0.1, 0.15) is 6.10 Å². The Bertz CT molecular complexity index is 395. The van der Waals surface area contributed by atoms with Gasteiger partial charge >= 0.3 is 0 Å². The van der Waals surface area contributed by atoms with Crippen LogP contribution >= 0.6 is 0 Å². The van der Waals surface area contributed by atoms with Gasteiger partial charge in [-0.3, -0.25) is 0 Å². The summed E-state index contributed by atoms with van der Waals surface area (Å²) in [5.74, 6) is 0. The van der Waals surface area contributed by atoms with Crippen molar-refractivity contribution in [3.63, 3.8) is 0 Å². The van der Waals surface area contributed by atoms with Crippen LogP contribution in [0.4, 0.5) is 0 Å². The zero-order valence-electron chi connectivity index (χ0n) is 12.1. The summed E-state index contributed by atoms with van der Waals surface area (Å²) < 4.78 is 11.4. The summed E-state index contributed by atoms with van der Waals surface area (Å²) in [5.41, 5.74) is 1.18. The van der Waals surface area contributed by atoms with Crippen LogP contribution < -0.4 is 0 Å². The number of hydrogen-bond donors (Lipinski definition) is 0. The highest BCUT2D eigenvalue weighted by atomic mass is 28.4. The van der Waals surface area contributed by atoms with Gasteiger partial charge in [-0.15, -0.1) is 0 Å². The van der Waals surface area contributed by atoms with E-state index >= 15 is 0 Å². The van der Waals surface area contributed by atoms with E-state index in [0.29, 0.717) is 13.2 Å². The first kappa shape index (κ1) is 15.9. The highest BCUT2D eigenvalue weighted by molar-refractivity contribution is 6.69. The molecule has 4 heteroatoms. The van der Waals surface area contributed by atoms with Gasteiger partial charge in [0, 0.05) is 6.61 Å². The van der Waals surface area contributed by atoms with Crippen LogP contribution in [-0.4, -0.2) is 21.0 Å². The molecule has 0 fully saturated rings.